The van der Waals surface area contributed by atoms with Gasteiger partial charge in [0.2, 0.25) is 0 Å². The van der Waals surface area contributed by atoms with Crippen molar-refractivity contribution in [2.45, 2.75) is 111 Å². The molecular formula is C31H40O6. The minimum Gasteiger partial charge on any atom is -0.487 e. The zero-order valence-corrected chi connectivity index (χ0v) is 23.4. The zero-order chi connectivity index (χ0) is 27.1. The molecule has 0 radical (unpaired) electrons. The van der Waals surface area contributed by atoms with Crippen molar-refractivity contribution in [1.29, 1.82) is 0 Å². The molecule has 0 saturated carbocycles. The van der Waals surface area contributed by atoms with Crippen LogP contribution in [0.2, 0.25) is 0 Å². The van der Waals surface area contributed by atoms with Crippen LogP contribution in [0.1, 0.15) is 113 Å². The van der Waals surface area contributed by atoms with Crippen LogP contribution >= 0.6 is 0 Å². The lowest BCUT2D eigenvalue weighted by molar-refractivity contribution is 0.0929. The summed E-state index contributed by atoms with van der Waals surface area (Å²) in [5, 5.41) is 0. The van der Waals surface area contributed by atoms with Gasteiger partial charge in [0.1, 0.15) is 0 Å². The molecule has 0 unspecified atom stereocenters. The molecule has 6 nitrogen and oxygen atoms in total. The van der Waals surface area contributed by atoms with E-state index in [-0.39, 0.29) is 36.0 Å². The van der Waals surface area contributed by atoms with Crippen LogP contribution in [0.25, 0.3) is 0 Å². The lowest BCUT2D eigenvalue weighted by atomic mass is 9.59. The number of carbonyl (C=O) groups is 2. The quantitative estimate of drug-likeness (QED) is 0.380. The van der Waals surface area contributed by atoms with Crippen LogP contribution in [0.4, 0.5) is 0 Å². The number of ketones is 2. The lowest BCUT2D eigenvalue weighted by Gasteiger charge is -2.43. The summed E-state index contributed by atoms with van der Waals surface area (Å²) in [7, 11) is 0. The van der Waals surface area contributed by atoms with Gasteiger partial charge >= 0.3 is 0 Å². The van der Waals surface area contributed by atoms with Crippen LogP contribution in [0.15, 0.2) is 24.3 Å². The topological polar surface area (TPSA) is 71.1 Å². The first-order valence-electron chi connectivity index (χ1n) is 13.5. The average molecular weight is 509 g/mol. The monoisotopic (exact) mass is 508 g/mol. The molecule has 0 atom stereocenters. The van der Waals surface area contributed by atoms with Crippen LogP contribution in [0, 0.1) is 0 Å². The molecule has 1 spiro atoms. The highest BCUT2D eigenvalue weighted by Gasteiger charge is 2.47. The first-order valence-corrected chi connectivity index (χ1v) is 13.5. The fourth-order valence-electron chi connectivity index (χ4n) is 5.49. The largest absolute Gasteiger partial charge is 0.487 e. The Morgan fingerprint density at radius 1 is 0.541 bits per heavy atom. The predicted octanol–water partition coefficient (Wildman–Crippen LogP) is 7.07. The number of fused-ring (bicyclic) bond motifs is 4. The molecule has 2 aliphatic carbocycles. The molecule has 0 amide bonds. The number of benzene rings is 2. The third kappa shape index (κ3) is 5.34. The molecule has 0 bridgehead atoms. The van der Waals surface area contributed by atoms with E-state index >= 15 is 0 Å². The molecule has 2 aliphatic rings. The normalized spacial score (nSPS) is 16.4. The number of ether oxygens (including phenoxy) is 4. The van der Waals surface area contributed by atoms with Crippen LogP contribution in [-0.4, -0.2) is 36.0 Å². The van der Waals surface area contributed by atoms with Crippen molar-refractivity contribution in [3.8, 4) is 23.0 Å². The fraction of sp³-hybridized carbons (Fsp3) is 0.548. The highest BCUT2D eigenvalue weighted by molar-refractivity contribution is 6.03. The van der Waals surface area contributed by atoms with Gasteiger partial charge in [-0.2, -0.15) is 0 Å². The number of Topliss-reactive ketones (excluding diaryl/α,β-unsaturated/α-hetero) is 2. The Hall–Kier alpha value is -3.02. The summed E-state index contributed by atoms with van der Waals surface area (Å²) in [6, 6.07) is 7.64. The van der Waals surface area contributed by atoms with Gasteiger partial charge in [0.05, 0.1) is 24.4 Å². The Kier molecular flexibility index (Phi) is 7.59. The lowest BCUT2D eigenvalue weighted by Crippen LogP contribution is -2.39. The van der Waals surface area contributed by atoms with E-state index in [9.17, 15) is 9.59 Å². The smallest absolute Gasteiger partial charge is 0.163 e. The molecule has 37 heavy (non-hydrogen) atoms. The summed E-state index contributed by atoms with van der Waals surface area (Å²) in [6.07, 6.45) is 1.78. The number of hydrogen-bond donors (Lipinski definition) is 0. The maximum atomic E-state index is 13.2. The van der Waals surface area contributed by atoms with E-state index in [0.29, 0.717) is 59.8 Å². The summed E-state index contributed by atoms with van der Waals surface area (Å²) in [5.41, 5.74) is 2.58. The van der Waals surface area contributed by atoms with Crippen LogP contribution in [0.5, 0.6) is 23.0 Å². The first-order chi connectivity index (χ1) is 17.4. The van der Waals surface area contributed by atoms with E-state index in [2.05, 4.69) is 0 Å². The van der Waals surface area contributed by atoms with Gasteiger partial charge < -0.3 is 18.9 Å². The minimum absolute atomic E-state index is 0.0650. The average Bonchev–Trinajstić information content (AvgIpc) is 2.78. The number of carbonyl (C=O) groups excluding carboxylic acids is 2. The van der Waals surface area contributed by atoms with Gasteiger partial charge in [-0.05, 0) is 104 Å². The predicted molar refractivity (Wildman–Crippen MR) is 144 cm³/mol. The highest BCUT2D eigenvalue weighted by atomic mass is 16.5. The van der Waals surface area contributed by atoms with Gasteiger partial charge in [-0.3, -0.25) is 9.59 Å². The zero-order valence-electron chi connectivity index (χ0n) is 23.4. The van der Waals surface area contributed by atoms with E-state index in [4.69, 9.17) is 18.9 Å². The molecule has 2 aromatic carbocycles. The van der Waals surface area contributed by atoms with Crippen molar-refractivity contribution in [1.82, 2.24) is 0 Å². The SMILES string of the molecule is CC(C)Oc1cc2c(cc1OC(C)C)C1(CCC2=O)CCC(=O)c2cc(OC(C)C)c(OC(C)C)cc21. The van der Waals surface area contributed by atoms with Crippen molar-refractivity contribution in [2.75, 3.05) is 0 Å². The highest BCUT2D eigenvalue weighted by Crippen LogP contribution is 2.54. The molecule has 200 valence electrons. The molecule has 0 saturated heterocycles. The van der Waals surface area contributed by atoms with E-state index in [0.717, 1.165) is 11.1 Å². The number of hydrogen-bond acceptors (Lipinski definition) is 6. The molecule has 0 heterocycles. The molecule has 6 heteroatoms. The van der Waals surface area contributed by atoms with Gasteiger partial charge in [-0.1, -0.05) is 0 Å². The number of rotatable bonds is 8. The third-order valence-corrected chi connectivity index (χ3v) is 6.81. The summed E-state index contributed by atoms with van der Waals surface area (Å²) in [4.78, 5) is 26.5. The van der Waals surface area contributed by atoms with Gasteiger partial charge in [-0.15, -0.1) is 0 Å². The maximum absolute atomic E-state index is 13.2. The second kappa shape index (κ2) is 10.4. The first kappa shape index (κ1) is 27.0. The Morgan fingerprint density at radius 3 is 1.14 bits per heavy atom. The fourth-order valence-corrected chi connectivity index (χ4v) is 5.49. The van der Waals surface area contributed by atoms with Gasteiger partial charge in [0, 0.05) is 29.4 Å². The second-order valence-electron chi connectivity index (χ2n) is 11.3. The van der Waals surface area contributed by atoms with Crippen molar-refractivity contribution < 1.29 is 28.5 Å². The van der Waals surface area contributed by atoms with E-state index < -0.39 is 5.41 Å². The second-order valence-corrected chi connectivity index (χ2v) is 11.3. The Morgan fingerprint density at radius 2 is 0.838 bits per heavy atom. The van der Waals surface area contributed by atoms with Crippen molar-refractivity contribution >= 4 is 11.6 Å². The minimum atomic E-state index is -0.511. The summed E-state index contributed by atoms with van der Waals surface area (Å²) in [6.45, 7) is 15.7. The Bertz CT molecular complexity index is 1100. The van der Waals surface area contributed by atoms with E-state index in [1.54, 1.807) is 0 Å². The van der Waals surface area contributed by atoms with Crippen LogP contribution < -0.4 is 18.9 Å². The van der Waals surface area contributed by atoms with Gasteiger partial charge in [0.25, 0.3) is 0 Å². The summed E-state index contributed by atoms with van der Waals surface area (Å²) >= 11 is 0. The molecule has 0 aromatic heterocycles. The van der Waals surface area contributed by atoms with Gasteiger partial charge in [0.15, 0.2) is 34.6 Å². The summed E-state index contributed by atoms with van der Waals surface area (Å²) < 4.78 is 24.5. The molecule has 4 rings (SSSR count). The van der Waals surface area contributed by atoms with Gasteiger partial charge in [-0.25, -0.2) is 0 Å². The summed E-state index contributed by atoms with van der Waals surface area (Å²) in [5.74, 6) is 2.56. The van der Waals surface area contributed by atoms with Crippen molar-refractivity contribution in [2.24, 2.45) is 0 Å². The Balaban J connectivity index is 1.97. The molecular weight excluding hydrogens is 468 g/mol. The third-order valence-electron chi connectivity index (χ3n) is 6.81. The van der Waals surface area contributed by atoms with Crippen molar-refractivity contribution in [3.63, 3.8) is 0 Å². The molecule has 2 aromatic rings. The van der Waals surface area contributed by atoms with E-state index in [1.165, 1.54) is 0 Å². The van der Waals surface area contributed by atoms with Crippen molar-refractivity contribution in [3.05, 3.63) is 46.5 Å². The standard InChI is InChI=1S/C31H40O6/c1-17(2)34-27-13-21-23(15-29(27)36-19(5)6)31(11-9-25(21)32)12-10-26(33)22-14-28(35-18(3)4)30(16-24(22)31)37-20(7)8/h13-20H,9-12H2,1-8H3. The Labute approximate surface area is 220 Å². The molecule has 0 aliphatic heterocycles. The molecule has 0 fully saturated rings. The van der Waals surface area contributed by atoms with E-state index in [1.807, 2.05) is 79.7 Å². The maximum Gasteiger partial charge on any atom is 0.163 e. The molecule has 0 N–H and O–H groups in total. The van der Waals surface area contributed by atoms with Crippen LogP contribution in [0.3, 0.4) is 0 Å². The van der Waals surface area contributed by atoms with Crippen LogP contribution in [-0.2, 0) is 5.41 Å².